The number of carbonyl (C=O) groups is 3. The van der Waals surface area contributed by atoms with Crippen molar-refractivity contribution in [1.82, 2.24) is 5.32 Å². The Balaban J connectivity index is 1.41. The Labute approximate surface area is 188 Å². The predicted octanol–water partition coefficient (Wildman–Crippen LogP) is 4.37. The molecule has 3 aromatic rings. The molecule has 0 spiro atoms. The third-order valence-electron chi connectivity index (χ3n) is 5.35. The summed E-state index contributed by atoms with van der Waals surface area (Å²) in [5.41, 5.74) is 2.85. The number of imide groups is 1. The summed E-state index contributed by atoms with van der Waals surface area (Å²) in [7, 11) is 0. The molecule has 0 aromatic heterocycles. The lowest BCUT2D eigenvalue weighted by Gasteiger charge is -2.16. The minimum atomic E-state index is -2.88. The molecule has 33 heavy (non-hydrogen) atoms. The van der Waals surface area contributed by atoms with Crippen molar-refractivity contribution >= 4 is 23.4 Å². The number of nitrogens with zero attached hydrogens (tertiary/aromatic N) is 1. The first kappa shape index (κ1) is 22.1. The number of para-hydroxylation sites is 1. The van der Waals surface area contributed by atoms with E-state index in [-0.39, 0.29) is 28.3 Å². The van der Waals surface area contributed by atoms with E-state index in [1.165, 1.54) is 30.3 Å². The molecule has 0 saturated carbocycles. The average Bonchev–Trinajstić information content (AvgIpc) is 3.04. The van der Waals surface area contributed by atoms with E-state index < -0.39 is 18.4 Å². The van der Waals surface area contributed by atoms with Crippen molar-refractivity contribution in [2.45, 2.75) is 20.0 Å². The van der Waals surface area contributed by atoms with Crippen molar-refractivity contribution in [2.75, 3.05) is 11.4 Å². The van der Waals surface area contributed by atoms with Gasteiger partial charge in [0.05, 0.1) is 16.8 Å². The van der Waals surface area contributed by atoms with Gasteiger partial charge in [0.15, 0.2) is 0 Å². The van der Waals surface area contributed by atoms with Crippen molar-refractivity contribution in [3.63, 3.8) is 0 Å². The SMILES string of the molecule is Cc1ccccc1N1C(=O)c2ccc(C(=O)NCCc3ccc(OC(F)F)cc3)cc2C1=O. The molecule has 1 N–H and O–H groups in total. The Bertz CT molecular complexity index is 1230. The third kappa shape index (κ3) is 4.59. The van der Waals surface area contributed by atoms with E-state index in [2.05, 4.69) is 10.1 Å². The summed E-state index contributed by atoms with van der Waals surface area (Å²) in [6, 6.07) is 17.7. The first-order valence-electron chi connectivity index (χ1n) is 10.3. The molecule has 8 heteroatoms. The van der Waals surface area contributed by atoms with Gasteiger partial charge in [-0.1, -0.05) is 30.3 Å². The fourth-order valence-corrected chi connectivity index (χ4v) is 3.68. The molecule has 4 rings (SSSR count). The molecule has 0 fully saturated rings. The average molecular weight is 450 g/mol. The Morgan fingerprint density at radius 3 is 2.36 bits per heavy atom. The van der Waals surface area contributed by atoms with Crippen LogP contribution in [0.1, 0.15) is 42.2 Å². The number of aryl methyl sites for hydroxylation is 1. The second-order valence-electron chi connectivity index (χ2n) is 7.52. The number of halogens is 2. The smallest absolute Gasteiger partial charge is 0.387 e. The molecule has 0 saturated heterocycles. The van der Waals surface area contributed by atoms with E-state index >= 15 is 0 Å². The van der Waals surface area contributed by atoms with Crippen LogP contribution in [0.3, 0.4) is 0 Å². The van der Waals surface area contributed by atoms with E-state index in [0.29, 0.717) is 18.7 Å². The number of benzene rings is 3. The highest BCUT2D eigenvalue weighted by atomic mass is 19.3. The zero-order valence-electron chi connectivity index (χ0n) is 17.7. The highest BCUT2D eigenvalue weighted by Gasteiger charge is 2.37. The maximum atomic E-state index is 12.9. The number of fused-ring (bicyclic) bond motifs is 1. The fraction of sp³-hybridized carbons (Fsp3) is 0.160. The van der Waals surface area contributed by atoms with Gasteiger partial charge >= 0.3 is 6.61 Å². The van der Waals surface area contributed by atoms with Crippen LogP contribution < -0.4 is 15.0 Å². The van der Waals surface area contributed by atoms with Gasteiger partial charge in [0, 0.05) is 12.1 Å². The second-order valence-corrected chi connectivity index (χ2v) is 7.52. The summed E-state index contributed by atoms with van der Waals surface area (Å²) in [5, 5.41) is 2.76. The molecule has 1 aliphatic rings. The molecule has 0 atom stereocenters. The lowest BCUT2D eigenvalue weighted by Crippen LogP contribution is -2.30. The number of amides is 3. The lowest BCUT2D eigenvalue weighted by molar-refractivity contribution is -0.0498. The minimum absolute atomic E-state index is 0.0647. The van der Waals surface area contributed by atoms with Gasteiger partial charge < -0.3 is 10.1 Å². The van der Waals surface area contributed by atoms with Crippen LogP contribution in [0.4, 0.5) is 14.5 Å². The molecule has 1 aliphatic heterocycles. The van der Waals surface area contributed by atoms with Gasteiger partial charge in [-0.25, -0.2) is 4.90 Å². The van der Waals surface area contributed by atoms with Gasteiger partial charge in [0.25, 0.3) is 17.7 Å². The molecule has 168 valence electrons. The van der Waals surface area contributed by atoms with Crippen molar-refractivity contribution < 1.29 is 27.9 Å². The molecule has 0 unspecified atom stereocenters. The Kier molecular flexibility index (Phi) is 6.17. The molecule has 3 aromatic carbocycles. The van der Waals surface area contributed by atoms with Crippen LogP contribution in [0, 0.1) is 6.92 Å². The summed E-state index contributed by atoms with van der Waals surface area (Å²) < 4.78 is 28.7. The molecule has 3 amide bonds. The molecule has 6 nitrogen and oxygen atoms in total. The van der Waals surface area contributed by atoms with Gasteiger partial charge in [0.2, 0.25) is 0 Å². The van der Waals surface area contributed by atoms with Crippen LogP contribution in [0.2, 0.25) is 0 Å². The van der Waals surface area contributed by atoms with E-state index in [1.54, 1.807) is 24.3 Å². The van der Waals surface area contributed by atoms with Gasteiger partial charge in [-0.15, -0.1) is 0 Å². The molecule has 0 radical (unpaired) electrons. The van der Waals surface area contributed by atoms with Gasteiger partial charge in [-0.2, -0.15) is 8.78 Å². The van der Waals surface area contributed by atoms with E-state index in [0.717, 1.165) is 16.0 Å². The molecular formula is C25H20F2N2O4. The minimum Gasteiger partial charge on any atom is -0.435 e. The number of carbonyl (C=O) groups excluding carboxylic acids is 3. The zero-order valence-corrected chi connectivity index (χ0v) is 17.7. The van der Waals surface area contributed by atoms with E-state index in [4.69, 9.17) is 0 Å². The molecular weight excluding hydrogens is 430 g/mol. The maximum Gasteiger partial charge on any atom is 0.387 e. The highest BCUT2D eigenvalue weighted by molar-refractivity contribution is 6.35. The van der Waals surface area contributed by atoms with Crippen LogP contribution >= 0.6 is 0 Å². The van der Waals surface area contributed by atoms with E-state index in [1.807, 2.05) is 19.1 Å². The summed E-state index contributed by atoms with van der Waals surface area (Å²) in [5.74, 6) is -1.21. The van der Waals surface area contributed by atoms with Gasteiger partial charge in [-0.05, 0) is 60.9 Å². The first-order valence-corrected chi connectivity index (χ1v) is 10.3. The van der Waals surface area contributed by atoms with Crippen LogP contribution in [-0.4, -0.2) is 30.9 Å². The first-order chi connectivity index (χ1) is 15.8. The number of nitrogens with one attached hydrogen (secondary N) is 1. The Morgan fingerprint density at radius 2 is 1.67 bits per heavy atom. The summed E-state index contributed by atoms with van der Waals surface area (Å²) in [4.78, 5) is 39.5. The number of rotatable bonds is 7. The summed E-state index contributed by atoms with van der Waals surface area (Å²) >= 11 is 0. The summed E-state index contributed by atoms with van der Waals surface area (Å²) in [6.45, 7) is -0.766. The van der Waals surface area contributed by atoms with Crippen molar-refractivity contribution in [2.24, 2.45) is 0 Å². The third-order valence-corrected chi connectivity index (χ3v) is 5.35. The van der Waals surface area contributed by atoms with E-state index in [9.17, 15) is 23.2 Å². The van der Waals surface area contributed by atoms with Gasteiger partial charge in [-0.3, -0.25) is 14.4 Å². The van der Waals surface area contributed by atoms with Crippen LogP contribution in [-0.2, 0) is 6.42 Å². The molecule has 0 bridgehead atoms. The van der Waals surface area contributed by atoms with Crippen molar-refractivity contribution in [1.29, 1.82) is 0 Å². The lowest BCUT2D eigenvalue weighted by atomic mass is 10.1. The van der Waals surface area contributed by atoms with Gasteiger partial charge in [0.1, 0.15) is 5.75 Å². The van der Waals surface area contributed by atoms with Crippen molar-refractivity contribution in [3.8, 4) is 5.75 Å². The number of hydrogen-bond acceptors (Lipinski definition) is 4. The number of anilines is 1. The number of alkyl halides is 2. The number of hydrogen-bond donors (Lipinski definition) is 1. The molecule has 0 aliphatic carbocycles. The second kappa shape index (κ2) is 9.20. The Morgan fingerprint density at radius 1 is 0.970 bits per heavy atom. The maximum absolute atomic E-state index is 12.9. The summed E-state index contributed by atoms with van der Waals surface area (Å²) in [6.07, 6.45) is 0.476. The monoisotopic (exact) mass is 450 g/mol. The number of ether oxygens (including phenoxy) is 1. The topological polar surface area (TPSA) is 75.7 Å². The fourth-order valence-electron chi connectivity index (χ4n) is 3.68. The zero-order chi connectivity index (χ0) is 23.5. The standard InChI is InChI=1S/C25H20F2N2O4/c1-15-4-2-3-5-21(15)29-23(31)19-11-8-17(14-20(19)24(29)32)22(30)28-13-12-16-6-9-18(10-7-16)33-25(26)27/h2-11,14,25H,12-13H2,1H3,(H,28,30). The quantitative estimate of drug-likeness (QED) is 0.543. The van der Waals surface area contributed by atoms with Crippen LogP contribution in [0.15, 0.2) is 66.7 Å². The molecule has 1 heterocycles. The van der Waals surface area contributed by atoms with Crippen molar-refractivity contribution in [3.05, 3.63) is 94.5 Å². The Hall–Kier alpha value is -4.07. The van der Waals surface area contributed by atoms with Crippen LogP contribution in [0.25, 0.3) is 0 Å². The predicted molar refractivity (Wildman–Crippen MR) is 118 cm³/mol. The normalized spacial score (nSPS) is 12.8. The largest absolute Gasteiger partial charge is 0.435 e. The highest BCUT2D eigenvalue weighted by Crippen LogP contribution is 2.31. The van der Waals surface area contributed by atoms with Crippen LogP contribution in [0.5, 0.6) is 5.75 Å².